The fraction of sp³-hybridized carbons (Fsp3) is 1.00. The third-order valence-corrected chi connectivity index (χ3v) is 3.93. The highest BCUT2D eigenvalue weighted by Crippen LogP contribution is 2.25. The van der Waals surface area contributed by atoms with Gasteiger partial charge in [0, 0.05) is 0 Å². The van der Waals surface area contributed by atoms with E-state index in [1.54, 1.807) is 0 Å². The number of hydrogen-bond donors (Lipinski definition) is 0. The molecule has 0 aliphatic carbocycles. The normalized spacial score (nSPS) is 17.8. The molecule has 98 valence electrons. The van der Waals surface area contributed by atoms with Crippen molar-refractivity contribution in [1.82, 2.24) is 0 Å². The van der Waals surface area contributed by atoms with Crippen LogP contribution in [0.5, 0.6) is 0 Å². The van der Waals surface area contributed by atoms with Gasteiger partial charge in [-0.05, 0) is 42.4 Å². The topological polar surface area (TPSA) is 0 Å². The lowest BCUT2D eigenvalue weighted by Crippen LogP contribution is -2.09. The van der Waals surface area contributed by atoms with Crippen LogP contribution in [-0.2, 0) is 0 Å². The van der Waals surface area contributed by atoms with E-state index in [0.717, 1.165) is 29.6 Å². The molecule has 0 saturated carbocycles. The van der Waals surface area contributed by atoms with E-state index >= 15 is 0 Å². The van der Waals surface area contributed by atoms with E-state index < -0.39 is 0 Å². The first-order valence-corrected chi connectivity index (χ1v) is 7.32. The van der Waals surface area contributed by atoms with Crippen LogP contribution in [0.15, 0.2) is 0 Å². The molecule has 0 radical (unpaired) electrons. The summed E-state index contributed by atoms with van der Waals surface area (Å²) in [7, 11) is 0. The first kappa shape index (κ1) is 16.0. The van der Waals surface area contributed by atoms with Gasteiger partial charge >= 0.3 is 0 Å². The largest absolute Gasteiger partial charge is 0.0628 e. The minimum absolute atomic E-state index is 0.847. The number of hydrogen-bond acceptors (Lipinski definition) is 0. The van der Waals surface area contributed by atoms with Gasteiger partial charge in [0.15, 0.2) is 0 Å². The van der Waals surface area contributed by atoms with Crippen LogP contribution in [0.4, 0.5) is 0 Å². The fourth-order valence-corrected chi connectivity index (χ4v) is 2.59. The quantitative estimate of drug-likeness (QED) is 0.493. The van der Waals surface area contributed by atoms with Gasteiger partial charge in [0.2, 0.25) is 0 Å². The fourth-order valence-electron chi connectivity index (χ4n) is 2.59. The van der Waals surface area contributed by atoms with E-state index in [4.69, 9.17) is 0 Å². The molecule has 0 heterocycles. The van der Waals surface area contributed by atoms with Gasteiger partial charge in [0.1, 0.15) is 0 Å². The highest BCUT2D eigenvalue weighted by Gasteiger charge is 2.13. The molecule has 0 aliphatic heterocycles. The first-order chi connectivity index (χ1) is 7.32. The Morgan fingerprint density at radius 2 is 1.19 bits per heavy atom. The summed E-state index contributed by atoms with van der Waals surface area (Å²) in [6, 6.07) is 0. The summed E-state index contributed by atoms with van der Waals surface area (Å²) in [6.07, 6.45) is 5.64. The molecule has 16 heavy (non-hydrogen) atoms. The van der Waals surface area contributed by atoms with Crippen LogP contribution in [0.25, 0.3) is 0 Å². The van der Waals surface area contributed by atoms with Crippen molar-refractivity contribution < 1.29 is 0 Å². The van der Waals surface area contributed by atoms with Gasteiger partial charge in [0.05, 0.1) is 0 Å². The van der Waals surface area contributed by atoms with Crippen LogP contribution in [0, 0.1) is 29.6 Å². The van der Waals surface area contributed by atoms with Crippen LogP contribution in [0.1, 0.15) is 74.1 Å². The highest BCUT2D eigenvalue weighted by atomic mass is 14.2. The van der Waals surface area contributed by atoms with Gasteiger partial charge in [0.25, 0.3) is 0 Å². The van der Waals surface area contributed by atoms with Crippen LogP contribution in [0.3, 0.4) is 0 Å². The minimum atomic E-state index is 0.847. The molecular weight excluding hydrogens is 192 g/mol. The molecule has 3 atom stereocenters. The molecule has 0 aromatic carbocycles. The lowest BCUT2D eigenvalue weighted by atomic mass is 9.85. The Kier molecular flexibility index (Phi) is 8.14. The van der Waals surface area contributed by atoms with Gasteiger partial charge in [-0.25, -0.2) is 0 Å². The SMILES string of the molecule is CC(C)CC(C)CC(C)CCC(C)C(C)C. The average molecular weight is 226 g/mol. The third kappa shape index (κ3) is 8.19. The van der Waals surface area contributed by atoms with Crippen LogP contribution in [0.2, 0.25) is 0 Å². The molecule has 0 saturated heterocycles. The Balaban J connectivity index is 3.69. The van der Waals surface area contributed by atoms with Crippen molar-refractivity contribution >= 4 is 0 Å². The zero-order valence-electron chi connectivity index (χ0n) is 12.7. The molecule has 0 rings (SSSR count). The molecule has 0 aromatic heterocycles. The number of rotatable bonds is 8. The van der Waals surface area contributed by atoms with Crippen LogP contribution >= 0.6 is 0 Å². The Labute approximate surface area is 104 Å². The van der Waals surface area contributed by atoms with Gasteiger partial charge in [-0.1, -0.05) is 61.3 Å². The third-order valence-electron chi connectivity index (χ3n) is 3.93. The summed E-state index contributed by atoms with van der Waals surface area (Å²) in [5.74, 6) is 4.42. The lowest BCUT2D eigenvalue weighted by molar-refractivity contribution is 0.303. The van der Waals surface area contributed by atoms with Gasteiger partial charge in [-0.15, -0.1) is 0 Å². The van der Waals surface area contributed by atoms with Gasteiger partial charge < -0.3 is 0 Å². The highest BCUT2D eigenvalue weighted by molar-refractivity contribution is 4.64. The summed E-state index contributed by atoms with van der Waals surface area (Å²) >= 11 is 0. The van der Waals surface area contributed by atoms with Crippen LogP contribution in [-0.4, -0.2) is 0 Å². The molecule has 0 amide bonds. The molecule has 0 fully saturated rings. The summed E-state index contributed by atoms with van der Waals surface area (Å²) in [4.78, 5) is 0. The molecule has 0 aliphatic rings. The lowest BCUT2D eigenvalue weighted by Gasteiger charge is -2.21. The van der Waals surface area contributed by atoms with Crippen molar-refractivity contribution in [1.29, 1.82) is 0 Å². The Morgan fingerprint density at radius 3 is 1.62 bits per heavy atom. The summed E-state index contributed by atoms with van der Waals surface area (Å²) < 4.78 is 0. The molecular formula is C16H34. The molecule has 0 spiro atoms. The Bertz CT molecular complexity index is 157. The van der Waals surface area contributed by atoms with Crippen molar-refractivity contribution in [3.63, 3.8) is 0 Å². The predicted octanol–water partition coefficient (Wildman–Crippen LogP) is 5.77. The standard InChI is InChI=1S/C16H34/c1-12(2)10-15(6)11-14(5)8-9-16(7)13(3)4/h12-16H,8-11H2,1-7H3. The van der Waals surface area contributed by atoms with E-state index in [2.05, 4.69) is 48.5 Å². The summed E-state index contributed by atoms with van der Waals surface area (Å²) in [5.41, 5.74) is 0. The monoisotopic (exact) mass is 226 g/mol. The van der Waals surface area contributed by atoms with E-state index in [9.17, 15) is 0 Å². The van der Waals surface area contributed by atoms with Crippen molar-refractivity contribution in [2.24, 2.45) is 29.6 Å². The minimum Gasteiger partial charge on any atom is -0.0628 e. The molecule has 0 bridgehead atoms. The van der Waals surface area contributed by atoms with Gasteiger partial charge in [-0.3, -0.25) is 0 Å². The van der Waals surface area contributed by atoms with E-state index in [1.807, 2.05) is 0 Å². The second-order valence-corrected chi connectivity index (χ2v) is 6.87. The molecule has 0 aromatic rings. The molecule has 0 nitrogen and oxygen atoms in total. The van der Waals surface area contributed by atoms with Crippen molar-refractivity contribution in [2.45, 2.75) is 74.1 Å². The first-order valence-electron chi connectivity index (χ1n) is 7.32. The molecule has 0 heteroatoms. The van der Waals surface area contributed by atoms with Crippen molar-refractivity contribution in [3.05, 3.63) is 0 Å². The van der Waals surface area contributed by atoms with Crippen LogP contribution < -0.4 is 0 Å². The summed E-state index contributed by atoms with van der Waals surface area (Å²) in [5, 5.41) is 0. The second-order valence-electron chi connectivity index (χ2n) is 6.87. The van der Waals surface area contributed by atoms with Gasteiger partial charge in [-0.2, -0.15) is 0 Å². The molecule has 3 unspecified atom stereocenters. The van der Waals surface area contributed by atoms with E-state index in [1.165, 1.54) is 25.7 Å². The average Bonchev–Trinajstić information content (AvgIpc) is 2.12. The molecule has 0 N–H and O–H groups in total. The second kappa shape index (κ2) is 8.14. The Morgan fingerprint density at radius 1 is 0.625 bits per heavy atom. The smallest absolute Gasteiger partial charge is 0.0420 e. The van der Waals surface area contributed by atoms with Crippen molar-refractivity contribution in [2.75, 3.05) is 0 Å². The summed E-state index contributed by atoms with van der Waals surface area (Å²) in [6.45, 7) is 16.6. The maximum absolute atomic E-state index is 2.43. The Hall–Kier alpha value is 0. The van der Waals surface area contributed by atoms with E-state index in [0.29, 0.717) is 0 Å². The zero-order valence-corrected chi connectivity index (χ0v) is 12.7. The van der Waals surface area contributed by atoms with E-state index in [-0.39, 0.29) is 0 Å². The maximum Gasteiger partial charge on any atom is -0.0420 e. The van der Waals surface area contributed by atoms with Crippen molar-refractivity contribution in [3.8, 4) is 0 Å². The zero-order chi connectivity index (χ0) is 12.7. The predicted molar refractivity (Wildman–Crippen MR) is 75.6 cm³/mol. The maximum atomic E-state index is 2.43.